The quantitative estimate of drug-likeness (QED) is 0.921. The number of hydrogen-bond donors (Lipinski definition) is 1. The van der Waals surface area contributed by atoms with E-state index in [1.54, 1.807) is 23.7 Å². The maximum atomic E-state index is 12.4. The number of nitrogens with zero attached hydrogens (tertiary/aromatic N) is 2. The van der Waals surface area contributed by atoms with Gasteiger partial charge >= 0.3 is 12.0 Å². The molecule has 0 aliphatic carbocycles. The smallest absolute Gasteiger partial charge is 0.327 e. The number of aliphatic carboxylic acids is 1. The molecule has 0 bridgehead atoms. The van der Waals surface area contributed by atoms with Gasteiger partial charge in [-0.25, -0.2) is 9.59 Å². The zero-order chi connectivity index (χ0) is 15.2. The van der Waals surface area contributed by atoms with Crippen LogP contribution in [0.3, 0.4) is 0 Å². The molecule has 0 radical (unpaired) electrons. The second-order valence-corrected chi connectivity index (χ2v) is 6.21. The minimum absolute atomic E-state index is 0.196. The first kappa shape index (κ1) is 15.7. The molecule has 0 saturated carbocycles. The Morgan fingerprint density at radius 3 is 2.76 bits per heavy atom. The lowest BCUT2D eigenvalue weighted by Crippen LogP contribution is -2.54. The second kappa shape index (κ2) is 7.36. The van der Waals surface area contributed by atoms with Crippen LogP contribution in [0.25, 0.3) is 0 Å². The van der Waals surface area contributed by atoms with Gasteiger partial charge in [-0.05, 0) is 12.0 Å². The molecule has 1 aromatic rings. The third kappa shape index (κ3) is 4.14. The van der Waals surface area contributed by atoms with E-state index in [0.29, 0.717) is 18.8 Å². The topological polar surface area (TPSA) is 60.9 Å². The van der Waals surface area contributed by atoms with Crippen LogP contribution in [-0.4, -0.2) is 64.6 Å². The van der Waals surface area contributed by atoms with Crippen molar-refractivity contribution in [3.63, 3.8) is 0 Å². The molecule has 1 unspecified atom stereocenters. The molecule has 1 aromatic carbocycles. The van der Waals surface area contributed by atoms with Crippen molar-refractivity contribution in [1.29, 1.82) is 0 Å². The highest BCUT2D eigenvalue weighted by atomic mass is 32.2. The summed E-state index contributed by atoms with van der Waals surface area (Å²) >= 11 is 1.58. The number of benzene rings is 1. The number of thioether (sulfide) groups is 1. The molecule has 114 valence electrons. The summed E-state index contributed by atoms with van der Waals surface area (Å²) < 4.78 is 0. The van der Waals surface area contributed by atoms with Crippen molar-refractivity contribution in [2.75, 3.05) is 31.6 Å². The van der Waals surface area contributed by atoms with E-state index in [-0.39, 0.29) is 6.03 Å². The molecule has 1 atom stereocenters. The van der Waals surface area contributed by atoms with E-state index < -0.39 is 12.0 Å². The Hall–Kier alpha value is -1.69. The van der Waals surface area contributed by atoms with Gasteiger partial charge in [-0.2, -0.15) is 11.8 Å². The summed E-state index contributed by atoms with van der Waals surface area (Å²) in [5.74, 6) is 0.336. The molecular weight excluding hydrogens is 288 g/mol. The molecule has 2 rings (SSSR count). The van der Waals surface area contributed by atoms with Gasteiger partial charge in [-0.15, -0.1) is 0 Å². The lowest BCUT2D eigenvalue weighted by atomic mass is 10.1. The summed E-state index contributed by atoms with van der Waals surface area (Å²) in [4.78, 5) is 26.7. The molecule has 0 aromatic heterocycles. The highest BCUT2D eigenvalue weighted by Gasteiger charge is 2.33. The summed E-state index contributed by atoms with van der Waals surface area (Å²) in [6.45, 7) is 1.08. The van der Waals surface area contributed by atoms with Crippen LogP contribution in [0.5, 0.6) is 0 Å². The maximum absolute atomic E-state index is 12.4. The van der Waals surface area contributed by atoms with E-state index >= 15 is 0 Å². The first-order valence-corrected chi connectivity index (χ1v) is 8.11. The van der Waals surface area contributed by atoms with Crippen LogP contribution in [0, 0.1) is 0 Å². The summed E-state index contributed by atoms with van der Waals surface area (Å²) in [6, 6.07) is 9.04. The van der Waals surface area contributed by atoms with Gasteiger partial charge in [0.15, 0.2) is 0 Å². The van der Waals surface area contributed by atoms with Crippen molar-refractivity contribution in [2.45, 2.75) is 12.5 Å². The predicted octanol–water partition coefficient (Wildman–Crippen LogP) is 1.78. The molecule has 1 N–H and O–H groups in total. The minimum Gasteiger partial charge on any atom is -0.480 e. The summed E-state index contributed by atoms with van der Waals surface area (Å²) in [5, 5.41) is 9.22. The largest absolute Gasteiger partial charge is 0.480 e. The highest BCUT2D eigenvalue weighted by Crippen LogP contribution is 2.18. The van der Waals surface area contributed by atoms with E-state index in [1.165, 1.54) is 10.5 Å². The summed E-state index contributed by atoms with van der Waals surface area (Å²) in [5.41, 5.74) is 1.17. The Labute approximate surface area is 128 Å². The Balaban J connectivity index is 1.93. The van der Waals surface area contributed by atoms with Gasteiger partial charge in [-0.3, -0.25) is 0 Å². The number of carbonyl (C=O) groups excluding carboxylic acids is 1. The number of hydrogen-bond acceptors (Lipinski definition) is 3. The fourth-order valence-corrected chi connectivity index (χ4v) is 3.33. The number of rotatable bonds is 4. The third-order valence-electron chi connectivity index (χ3n) is 3.56. The Morgan fingerprint density at radius 2 is 2.10 bits per heavy atom. The number of amides is 2. The highest BCUT2D eigenvalue weighted by molar-refractivity contribution is 7.99. The van der Waals surface area contributed by atoms with E-state index in [0.717, 1.165) is 12.2 Å². The summed E-state index contributed by atoms with van der Waals surface area (Å²) in [7, 11) is 1.73. The average Bonchev–Trinajstić information content (AvgIpc) is 2.52. The van der Waals surface area contributed by atoms with E-state index in [4.69, 9.17) is 0 Å². The standard InChI is InChI=1S/C15H20N2O3S/c1-16(8-7-12-5-3-2-4-6-12)15(20)17-9-10-21-11-13(17)14(18)19/h2-6,13H,7-11H2,1H3,(H,18,19). The van der Waals surface area contributed by atoms with Crippen molar-refractivity contribution in [2.24, 2.45) is 0 Å². The normalized spacial score (nSPS) is 18.3. The molecule has 5 nitrogen and oxygen atoms in total. The molecule has 1 saturated heterocycles. The molecular formula is C15H20N2O3S. The summed E-state index contributed by atoms with van der Waals surface area (Å²) in [6.07, 6.45) is 0.767. The third-order valence-corrected chi connectivity index (χ3v) is 4.59. The minimum atomic E-state index is -0.924. The predicted molar refractivity (Wildman–Crippen MR) is 83.6 cm³/mol. The van der Waals surface area contributed by atoms with Gasteiger partial charge in [0, 0.05) is 31.6 Å². The van der Waals surface area contributed by atoms with Crippen LogP contribution in [-0.2, 0) is 11.2 Å². The molecule has 21 heavy (non-hydrogen) atoms. The fourth-order valence-electron chi connectivity index (χ4n) is 2.29. The molecule has 1 fully saturated rings. The van der Waals surface area contributed by atoms with Gasteiger partial charge in [0.05, 0.1) is 0 Å². The van der Waals surface area contributed by atoms with Gasteiger partial charge in [-0.1, -0.05) is 30.3 Å². The molecule has 1 aliphatic rings. The van der Waals surface area contributed by atoms with Crippen LogP contribution in [0.15, 0.2) is 30.3 Å². The van der Waals surface area contributed by atoms with Gasteiger partial charge in [0.1, 0.15) is 6.04 Å². The lowest BCUT2D eigenvalue weighted by molar-refractivity contribution is -0.141. The van der Waals surface area contributed by atoms with Gasteiger partial charge in [0.2, 0.25) is 0 Å². The Morgan fingerprint density at radius 1 is 1.38 bits per heavy atom. The molecule has 2 amide bonds. The number of likely N-dealkylation sites (N-methyl/N-ethyl adjacent to an activating group) is 1. The van der Waals surface area contributed by atoms with Crippen LogP contribution in [0.1, 0.15) is 5.56 Å². The Bertz CT molecular complexity index is 495. The zero-order valence-corrected chi connectivity index (χ0v) is 12.9. The van der Waals surface area contributed by atoms with Gasteiger partial charge < -0.3 is 14.9 Å². The van der Waals surface area contributed by atoms with E-state index in [1.807, 2.05) is 30.3 Å². The van der Waals surface area contributed by atoms with Crippen molar-refractivity contribution in [3.05, 3.63) is 35.9 Å². The molecule has 1 heterocycles. The maximum Gasteiger partial charge on any atom is 0.327 e. The monoisotopic (exact) mass is 308 g/mol. The molecule has 1 aliphatic heterocycles. The first-order valence-electron chi connectivity index (χ1n) is 6.96. The van der Waals surface area contributed by atoms with E-state index in [9.17, 15) is 14.7 Å². The van der Waals surface area contributed by atoms with Gasteiger partial charge in [0.25, 0.3) is 0 Å². The van der Waals surface area contributed by atoms with Crippen molar-refractivity contribution < 1.29 is 14.7 Å². The van der Waals surface area contributed by atoms with Crippen molar-refractivity contribution >= 4 is 23.8 Å². The zero-order valence-electron chi connectivity index (χ0n) is 12.1. The number of urea groups is 1. The number of carboxylic acids is 1. The van der Waals surface area contributed by atoms with Crippen molar-refractivity contribution in [1.82, 2.24) is 9.80 Å². The van der Waals surface area contributed by atoms with E-state index in [2.05, 4.69) is 0 Å². The van der Waals surface area contributed by atoms with Crippen LogP contribution in [0.2, 0.25) is 0 Å². The molecule has 6 heteroatoms. The average molecular weight is 308 g/mol. The number of carboxylic acid groups (broad SMARTS) is 1. The van der Waals surface area contributed by atoms with Crippen LogP contribution < -0.4 is 0 Å². The van der Waals surface area contributed by atoms with Crippen molar-refractivity contribution in [3.8, 4) is 0 Å². The first-order chi connectivity index (χ1) is 10.1. The van der Waals surface area contributed by atoms with Crippen LogP contribution in [0.4, 0.5) is 4.79 Å². The second-order valence-electron chi connectivity index (χ2n) is 5.06. The number of carbonyl (C=O) groups is 2. The lowest BCUT2D eigenvalue weighted by Gasteiger charge is -2.35. The fraction of sp³-hybridized carbons (Fsp3) is 0.467. The van der Waals surface area contributed by atoms with Crippen LogP contribution >= 0.6 is 11.8 Å². The molecule has 0 spiro atoms. The SMILES string of the molecule is CN(CCc1ccccc1)C(=O)N1CCSCC1C(=O)O. The Kier molecular flexibility index (Phi) is 5.50.